The van der Waals surface area contributed by atoms with E-state index in [2.05, 4.69) is 20.8 Å². The molecule has 1 atom stereocenters. The number of hydrogen-bond acceptors (Lipinski definition) is 4. The van der Waals surface area contributed by atoms with E-state index in [0.29, 0.717) is 0 Å². The van der Waals surface area contributed by atoms with Crippen LogP contribution in [0.15, 0.2) is 59.5 Å². The summed E-state index contributed by atoms with van der Waals surface area (Å²) in [7, 11) is -2.14. The quantitative estimate of drug-likeness (QED) is 0.770. The van der Waals surface area contributed by atoms with Crippen LogP contribution >= 0.6 is 0 Å². The second-order valence-corrected chi connectivity index (χ2v) is 7.95. The van der Waals surface area contributed by atoms with E-state index in [0.717, 1.165) is 5.56 Å². The van der Waals surface area contributed by atoms with Crippen molar-refractivity contribution in [2.24, 2.45) is 5.41 Å². The van der Waals surface area contributed by atoms with Gasteiger partial charge >= 0.3 is 10.1 Å². The Morgan fingerprint density at radius 3 is 1.96 bits per heavy atom. The monoisotopic (exact) mass is 334 g/mol. The van der Waals surface area contributed by atoms with Crippen LogP contribution in [0, 0.1) is 5.41 Å². The highest BCUT2D eigenvalue weighted by Crippen LogP contribution is 2.36. The summed E-state index contributed by atoms with van der Waals surface area (Å²) >= 11 is 0. The van der Waals surface area contributed by atoms with Gasteiger partial charge in [-0.1, -0.05) is 51.1 Å². The van der Waals surface area contributed by atoms with Crippen molar-refractivity contribution in [1.29, 1.82) is 0 Å². The van der Waals surface area contributed by atoms with E-state index in [-0.39, 0.29) is 22.2 Å². The zero-order valence-electron chi connectivity index (χ0n) is 13.8. The molecule has 0 spiro atoms. The van der Waals surface area contributed by atoms with Crippen molar-refractivity contribution in [1.82, 2.24) is 0 Å². The van der Waals surface area contributed by atoms with E-state index >= 15 is 0 Å². The molecule has 0 saturated heterocycles. The second-order valence-electron chi connectivity index (χ2n) is 6.40. The lowest BCUT2D eigenvalue weighted by Gasteiger charge is -2.29. The largest absolute Gasteiger partial charge is 0.379 e. The first-order valence-corrected chi connectivity index (χ1v) is 8.77. The smallest absolute Gasteiger partial charge is 0.339 e. The average Bonchev–Trinajstić information content (AvgIpc) is 2.49. The van der Waals surface area contributed by atoms with Gasteiger partial charge in [0.05, 0.1) is 6.10 Å². The SMILES string of the molecule is COC(c1ccc(OS(=O)(=O)c2ccccc2)cc1)C(C)(C)C. The minimum atomic E-state index is -3.81. The average molecular weight is 334 g/mol. The Balaban J connectivity index is 2.21. The molecule has 5 heteroatoms. The topological polar surface area (TPSA) is 52.6 Å². The van der Waals surface area contributed by atoms with E-state index in [1.807, 2.05) is 12.1 Å². The van der Waals surface area contributed by atoms with Crippen molar-refractivity contribution in [3.63, 3.8) is 0 Å². The number of benzene rings is 2. The summed E-state index contributed by atoms with van der Waals surface area (Å²) in [5, 5.41) is 0. The Hall–Kier alpha value is -1.85. The van der Waals surface area contributed by atoms with Gasteiger partial charge in [-0.05, 0) is 35.2 Å². The Kier molecular flexibility index (Phi) is 5.12. The highest BCUT2D eigenvalue weighted by atomic mass is 32.2. The van der Waals surface area contributed by atoms with Crippen LogP contribution in [-0.4, -0.2) is 15.5 Å². The summed E-state index contributed by atoms with van der Waals surface area (Å²) in [5.41, 5.74) is 0.914. The summed E-state index contributed by atoms with van der Waals surface area (Å²) in [4.78, 5) is 0.133. The molecule has 23 heavy (non-hydrogen) atoms. The molecule has 0 aliphatic carbocycles. The first kappa shape index (κ1) is 17.5. The van der Waals surface area contributed by atoms with Crippen LogP contribution in [0.5, 0.6) is 5.75 Å². The molecule has 2 aromatic rings. The van der Waals surface area contributed by atoms with Gasteiger partial charge in [0, 0.05) is 7.11 Å². The van der Waals surface area contributed by atoms with Gasteiger partial charge in [-0.25, -0.2) is 0 Å². The van der Waals surface area contributed by atoms with Gasteiger partial charge < -0.3 is 8.92 Å². The van der Waals surface area contributed by atoms with Gasteiger partial charge in [-0.3, -0.25) is 0 Å². The van der Waals surface area contributed by atoms with Gasteiger partial charge in [-0.2, -0.15) is 8.42 Å². The molecule has 0 heterocycles. The third-order valence-electron chi connectivity index (χ3n) is 3.44. The molecule has 0 bridgehead atoms. The molecule has 0 amide bonds. The molecule has 0 aromatic heterocycles. The molecule has 0 aliphatic rings. The van der Waals surface area contributed by atoms with Crippen molar-refractivity contribution in [3.8, 4) is 5.75 Å². The number of hydrogen-bond donors (Lipinski definition) is 0. The molecule has 4 nitrogen and oxygen atoms in total. The Labute approximate surface area is 138 Å². The fourth-order valence-electron chi connectivity index (χ4n) is 2.45. The van der Waals surface area contributed by atoms with Gasteiger partial charge in [0.15, 0.2) is 0 Å². The van der Waals surface area contributed by atoms with E-state index in [1.165, 1.54) is 12.1 Å². The fraction of sp³-hybridized carbons (Fsp3) is 0.333. The molecule has 1 unspecified atom stereocenters. The van der Waals surface area contributed by atoms with Crippen LogP contribution < -0.4 is 4.18 Å². The van der Waals surface area contributed by atoms with E-state index < -0.39 is 10.1 Å². The summed E-state index contributed by atoms with van der Waals surface area (Å²) in [5.74, 6) is 0.279. The maximum Gasteiger partial charge on any atom is 0.339 e. The molecule has 0 aliphatic heterocycles. The molecule has 0 fully saturated rings. The molecule has 2 rings (SSSR count). The summed E-state index contributed by atoms with van der Waals surface area (Å²) < 4.78 is 35.1. The van der Waals surface area contributed by atoms with Gasteiger partial charge in [0.1, 0.15) is 10.6 Å². The summed E-state index contributed by atoms with van der Waals surface area (Å²) in [6, 6.07) is 15.0. The molecule has 2 aromatic carbocycles. The Morgan fingerprint density at radius 1 is 0.913 bits per heavy atom. The molecule has 124 valence electrons. The number of rotatable bonds is 5. The Morgan fingerprint density at radius 2 is 1.48 bits per heavy atom. The summed E-state index contributed by atoms with van der Waals surface area (Å²) in [6.45, 7) is 6.27. The van der Waals surface area contributed by atoms with Crippen LogP contribution in [0.1, 0.15) is 32.4 Å². The first-order valence-electron chi connectivity index (χ1n) is 7.36. The van der Waals surface area contributed by atoms with Crippen molar-refractivity contribution in [2.45, 2.75) is 31.8 Å². The maximum absolute atomic E-state index is 12.2. The minimum absolute atomic E-state index is 0.0623. The summed E-state index contributed by atoms with van der Waals surface area (Å²) in [6.07, 6.45) is -0.0812. The van der Waals surface area contributed by atoms with Crippen molar-refractivity contribution in [2.75, 3.05) is 7.11 Å². The van der Waals surface area contributed by atoms with Gasteiger partial charge in [0.25, 0.3) is 0 Å². The van der Waals surface area contributed by atoms with Crippen LogP contribution in [0.3, 0.4) is 0 Å². The predicted molar refractivity (Wildman–Crippen MR) is 89.9 cm³/mol. The highest BCUT2D eigenvalue weighted by molar-refractivity contribution is 7.87. The Bertz CT molecular complexity index is 729. The zero-order chi connectivity index (χ0) is 17.1. The van der Waals surface area contributed by atoms with Crippen LogP contribution in [0.25, 0.3) is 0 Å². The van der Waals surface area contributed by atoms with Crippen molar-refractivity contribution < 1.29 is 17.3 Å². The third kappa shape index (κ3) is 4.33. The van der Waals surface area contributed by atoms with E-state index in [4.69, 9.17) is 8.92 Å². The number of methoxy groups -OCH3 is 1. The van der Waals surface area contributed by atoms with Crippen LogP contribution in [0.2, 0.25) is 0 Å². The van der Waals surface area contributed by atoms with Crippen molar-refractivity contribution in [3.05, 3.63) is 60.2 Å². The van der Waals surface area contributed by atoms with Crippen molar-refractivity contribution >= 4 is 10.1 Å². The van der Waals surface area contributed by atoms with Crippen LogP contribution in [0.4, 0.5) is 0 Å². The second kappa shape index (κ2) is 6.72. The van der Waals surface area contributed by atoms with Gasteiger partial charge in [0.2, 0.25) is 0 Å². The fourth-order valence-corrected chi connectivity index (χ4v) is 3.40. The molecular formula is C18H22O4S. The first-order chi connectivity index (χ1) is 10.7. The highest BCUT2D eigenvalue weighted by Gasteiger charge is 2.26. The standard InChI is InChI=1S/C18H22O4S/c1-18(2,3)17(21-4)14-10-12-15(13-11-14)22-23(19,20)16-8-6-5-7-9-16/h5-13,17H,1-4H3. The lowest BCUT2D eigenvalue weighted by molar-refractivity contribution is 0.0152. The lowest BCUT2D eigenvalue weighted by atomic mass is 9.84. The number of ether oxygens (including phenoxy) is 1. The molecule has 0 saturated carbocycles. The molecule has 0 N–H and O–H groups in total. The zero-order valence-corrected chi connectivity index (χ0v) is 14.6. The van der Waals surface area contributed by atoms with Crippen LogP contribution in [-0.2, 0) is 14.9 Å². The third-order valence-corrected chi connectivity index (χ3v) is 4.70. The predicted octanol–water partition coefficient (Wildman–Crippen LogP) is 4.19. The van der Waals surface area contributed by atoms with Gasteiger partial charge in [-0.15, -0.1) is 0 Å². The maximum atomic E-state index is 12.2. The lowest BCUT2D eigenvalue weighted by Crippen LogP contribution is -2.20. The molecular weight excluding hydrogens is 312 g/mol. The van der Waals surface area contributed by atoms with E-state index in [1.54, 1.807) is 37.4 Å². The minimum Gasteiger partial charge on any atom is -0.379 e. The molecule has 0 radical (unpaired) electrons. The van der Waals surface area contributed by atoms with E-state index in [9.17, 15) is 8.42 Å². The normalized spacial score (nSPS) is 13.6.